The third-order valence-electron chi connectivity index (χ3n) is 4.82. The molecule has 0 amide bonds. The lowest BCUT2D eigenvalue weighted by Crippen LogP contribution is -2.38. The summed E-state index contributed by atoms with van der Waals surface area (Å²) in [5.74, 6) is 0.332. The van der Waals surface area contributed by atoms with E-state index in [-0.39, 0.29) is 0 Å². The Bertz CT molecular complexity index is 829. The van der Waals surface area contributed by atoms with E-state index in [2.05, 4.69) is 10.2 Å². The van der Waals surface area contributed by atoms with Crippen molar-refractivity contribution < 1.29 is 8.42 Å². The topological polar surface area (TPSA) is 73.0 Å². The SMILES string of the molecule is CCn1nc(C)c(S(=O)(=O)N2CCC(c3ccn(C)n3)CC2)c1C. The minimum Gasteiger partial charge on any atom is -0.276 e. The Balaban J connectivity index is 1.79. The van der Waals surface area contributed by atoms with Crippen molar-refractivity contribution in [2.45, 2.75) is 51.0 Å². The van der Waals surface area contributed by atoms with Crippen LogP contribution in [0.4, 0.5) is 0 Å². The molecule has 2 aromatic heterocycles. The van der Waals surface area contributed by atoms with Crippen molar-refractivity contribution in [2.75, 3.05) is 13.1 Å². The molecular weight excluding hydrogens is 326 g/mol. The zero-order valence-electron chi connectivity index (χ0n) is 14.7. The highest BCUT2D eigenvalue weighted by atomic mass is 32.2. The molecule has 0 aliphatic carbocycles. The summed E-state index contributed by atoms with van der Waals surface area (Å²) in [5.41, 5.74) is 2.36. The number of hydrogen-bond donors (Lipinski definition) is 0. The van der Waals surface area contributed by atoms with Gasteiger partial charge in [-0.05, 0) is 39.7 Å². The van der Waals surface area contributed by atoms with Crippen molar-refractivity contribution in [1.82, 2.24) is 23.9 Å². The van der Waals surface area contributed by atoms with Gasteiger partial charge in [-0.25, -0.2) is 8.42 Å². The second-order valence-corrected chi connectivity index (χ2v) is 8.28. The van der Waals surface area contributed by atoms with Crippen LogP contribution in [0.1, 0.15) is 42.8 Å². The molecule has 2 aromatic rings. The van der Waals surface area contributed by atoms with Gasteiger partial charge in [0, 0.05) is 38.8 Å². The number of hydrogen-bond acceptors (Lipinski definition) is 4. The van der Waals surface area contributed by atoms with E-state index in [0.717, 1.165) is 24.2 Å². The molecule has 0 unspecified atom stereocenters. The average molecular weight is 351 g/mol. The highest BCUT2D eigenvalue weighted by Gasteiger charge is 2.34. The van der Waals surface area contributed by atoms with Crippen LogP contribution in [-0.4, -0.2) is 45.4 Å². The van der Waals surface area contributed by atoms with Crippen molar-refractivity contribution in [2.24, 2.45) is 7.05 Å². The van der Waals surface area contributed by atoms with Gasteiger partial charge in [-0.2, -0.15) is 14.5 Å². The first-order valence-corrected chi connectivity index (χ1v) is 9.82. The van der Waals surface area contributed by atoms with Gasteiger partial charge in [-0.3, -0.25) is 9.36 Å². The third-order valence-corrected chi connectivity index (χ3v) is 6.97. The number of aryl methyl sites for hydroxylation is 3. The van der Waals surface area contributed by atoms with Crippen LogP contribution < -0.4 is 0 Å². The minimum absolute atomic E-state index is 0.332. The van der Waals surface area contributed by atoms with E-state index in [1.54, 1.807) is 20.6 Å². The normalized spacial score (nSPS) is 17.5. The largest absolute Gasteiger partial charge is 0.276 e. The smallest absolute Gasteiger partial charge is 0.246 e. The van der Waals surface area contributed by atoms with Crippen LogP contribution in [0.25, 0.3) is 0 Å². The van der Waals surface area contributed by atoms with Crippen LogP contribution in [0.2, 0.25) is 0 Å². The van der Waals surface area contributed by atoms with E-state index < -0.39 is 10.0 Å². The molecule has 0 atom stereocenters. The van der Waals surface area contributed by atoms with E-state index in [0.29, 0.717) is 36.1 Å². The van der Waals surface area contributed by atoms with E-state index in [4.69, 9.17) is 0 Å². The molecule has 1 saturated heterocycles. The number of rotatable bonds is 4. The minimum atomic E-state index is -3.49. The van der Waals surface area contributed by atoms with Gasteiger partial charge < -0.3 is 0 Å². The van der Waals surface area contributed by atoms with Crippen molar-refractivity contribution >= 4 is 10.0 Å². The van der Waals surface area contributed by atoms with Crippen LogP contribution in [-0.2, 0) is 23.6 Å². The van der Waals surface area contributed by atoms with Crippen LogP contribution in [0.3, 0.4) is 0 Å². The molecule has 1 aliphatic rings. The number of sulfonamides is 1. The summed E-state index contributed by atoms with van der Waals surface area (Å²) < 4.78 is 31.3. The van der Waals surface area contributed by atoms with Crippen molar-refractivity contribution in [3.8, 4) is 0 Å². The molecular formula is C16H25N5O2S. The van der Waals surface area contributed by atoms with Crippen molar-refractivity contribution in [3.63, 3.8) is 0 Å². The van der Waals surface area contributed by atoms with E-state index >= 15 is 0 Å². The fraction of sp³-hybridized carbons (Fsp3) is 0.625. The molecule has 132 valence electrons. The van der Waals surface area contributed by atoms with Crippen LogP contribution in [0, 0.1) is 13.8 Å². The first-order chi connectivity index (χ1) is 11.3. The van der Waals surface area contributed by atoms with Crippen LogP contribution >= 0.6 is 0 Å². The maximum atomic E-state index is 13.1. The second-order valence-electron chi connectivity index (χ2n) is 6.41. The van der Waals surface area contributed by atoms with Gasteiger partial charge >= 0.3 is 0 Å². The molecule has 1 fully saturated rings. The van der Waals surface area contributed by atoms with E-state index in [1.165, 1.54) is 0 Å². The summed E-state index contributed by atoms with van der Waals surface area (Å²) in [6.45, 7) is 7.29. The number of aromatic nitrogens is 4. The molecule has 1 aliphatic heterocycles. The third kappa shape index (κ3) is 2.88. The van der Waals surface area contributed by atoms with Gasteiger partial charge in [0.05, 0.1) is 17.1 Å². The summed E-state index contributed by atoms with van der Waals surface area (Å²) in [7, 11) is -1.59. The van der Waals surface area contributed by atoms with Crippen molar-refractivity contribution in [3.05, 3.63) is 29.3 Å². The molecule has 0 spiro atoms. The van der Waals surface area contributed by atoms with Gasteiger partial charge in [0.2, 0.25) is 10.0 Å². The monoisotopic (exact) mass is 351 g/mol. The van der Waals surface area contributed by atoms with Gasteiger partial charge in [-0.15, -0.1) is 0 Å². The molecule has 3 heterocycles. The number of piperidine rings is 1. The lowest BCUT2D eigenvalue weighted by Gasteiger charge is -2.30. The van der Waals surface area contributed by atoms with Crippen LogP contribution in [0.15, 0.2) is 17.2 Å². The highest BCUT2D eigenvalue weighted by Crippen LogP contribution is 2.31. The fourth-order valence-electron chi connectivity index (χ4n) is 3.53. The Hall–Kier alpha value is -1.67. The second kappa shape index (κ2) is 6.33. The Morgan fingerprint density at radius 1 is 1.21 bits per heavy atom. The number of nitrogens with zero attached hydrogens (tertiary/aromatic N) is 5. The lowest BCUT2D eigenvalue weighted by molar-refractivity contribution is 0.315. The first kappa shape index (κ1) is 17.2. The Morgan fingerprint density at radius 3 is 2.38 bits per heavy atom. The Kier molecular flexibility index (Phi) is 4.52. The lowest BCUT2D eigenvalue weighted by atomic mass is 9.95. The average Bonchev–Trinajstić information content (AvgIpc) is 3.10. The molecule has 0 N–H and O–H groups in total. The van der Waals surface area contributed by atoms with Gasteiger partial charge in [0.1, 0.15) is 4.90 Å². The summed E-state index contributed by atoms with van der Waals surface area (Å²) in [6.07, 6.45) is 3.54. The van der Waals surface area contributed by atoms with Gasteiger partial charge in [0.25, 0.3) is 0 Å². The summed E-state index contributed by atoms with van der Waals surface area (Å²) in [4.78, 5) is 0.376. The highest BCUT2D eigenvalue weighted by molar-refractivity contribution is 7.89. The molecule has 24 heavy (non-hydrogen) atoms. The summed E-state index contributed by atoms with van der Waals surface area (Å²) >= 11 is 0. The molecule has 3 rings (SSSR count). The molecule has 0 bridgehead atoms. The van der Waals surface area contributed by atoms with Crippen LogP contribution in [0.5, 0.6) is 0 Å². The molecule has 8 heteroatoms. The zero-order valence-corrected chi connectivity index (χ0v) is 15.5. The van der Waals surface area contributed by atoms with Gasteiger partial charge in [-0.1, -0.05) is 0 Å². The predicted molar refractivity (Wildman–Crippen MR) is 91.3 cm³/mol. The maximum absolute atomic E-state index is 13.1. The Labute approximate surface area is 143 Å². The predicted octanol–water partition coefficient (Wildman–Crippen LogP) is 1.82. The van der Waals surface area contributed by atoms with E-state index in [9.17, 15) is 8.42 Å². The summed E-state index contributed by atoms with van der Waals surface area (Å²) in [6, 6.07) is 2.02. The maximum Gasteiger partial charge on any atom is 0.246 e. The zero-order chi connectivity index (χ0) is 17.5. The Morgan fingerprint density at radius 2 is 1.88 bits per heavy atom. The molecule has 0 aromatic carbocycles. The quantitative estimate of drug-likeness (QED) is 0.842. The van der Waals surface area contributed by atoms with E-state index in [1.807, 2.05) is 33.2 Å². The van der Waals surface area contributed by atoms with Gasteiger partial charge in [0.15, 0.2) is 0 Å². The first-order valence-electron chi connectivity index (χ1n) is 8.38. The van der Waals surface area contributed by atoms with Crippen molar-refractivity contribution in [1.29, 1.82) is 0 Å². The fourth-order valence-corrected chi connectivity index (χ4v) is 5.38. The molecule has 0 radical (unpaired) electrons. The summed E-state index contributed by atoms with van der Waals surface area (Å²) in [5, 5.41) is 8.81. The standard InChI is InChI=1S/C16H25N5O2S/c1-5-21-13(3)16(12(2)17-21)24(22,23)20-10-6-14(7-11-20)15-8-9-19(4)18-15/h8-9,14H,5-7,10-11H2,1-4H3. The molecule has 0 saturated carbocycles. The molecule has 7 nitrogen and oxygen atoms in total.